The molecule has 3 rings (SSSR count). The van der Waals surface area contributed by atoms with E-state index in [0.29, 0.717) is 4.99 Å². The quantitative estimate of drug-likeness (QED) is 0.851. The van der Waals surface area contributed by atoms with Gasteiger partial charge in [-0.3, -0.25) is 4.79 Å². The highest BCUT2D eigenvalue weighted by molar-refractivity contribution is 7.80. The molecular weight excluding hydrogens is 268 g/mol. The zero-order valence-corrected chi connectivity index (χ0v) is 12.6. The molecule has 1 aromatic rings. The fourth-order valence-corrected chi connectivity index (χ4v) is 3.94. The van der Waals surface area contributed by atoms with E-state index < -0.39 is 5.41 Å². The maximum atomic E-state index is 13.1. The molecule has 1 heterocycles. The molecule has 1 unspecified atom stereocenters. The summed E-state index contributed by atoms with van der Waals surface area (Å²) in [5, 5.41) is 0. The van der Waals surface area contributed by atoms with Crippen molar-refractivity contribution in [1.29, 1.82) is 0 Å². The van der Waals surface area contributed by atoms with Gasteiger partial charge in [0, 0.05) is 11.7 Å². The summed E-state index contributed by atoms with van der Waals surface area (Å²) in [6.45, 7) is 2.10. The highest BCUT2D eigenvalue weighted by Gasteiger charge is 2.48. The second-order valence-electron chi connectivity index (χ2n) is 6.01. The SMILES string of the molecule is CC1Cc2ccccc2N1C(=O)C1(C(N)=S)CCCC1. The van der Waals surface area contributed by atoms with Gasteiger partial charge in [-0.25, -0.2) is 0 Å². The Bertz CT molecular complexity index is 563. The van der Waals surface area contributed by atoms with Crippen molar-refractivity contribution in [3.63, 3.8) is 0 Å². The van der Waals surface area contributed by atoms with Crippen LogP contribution in [0.15, 0.2) is 24.3 Å². The molecule has 20 heavy (non-hydrogen) atoms. The lowest BCUT2D eigenvalue weighted by Gasteiger charge is -2.34. The summed E-state index contributed by atoms with van der Waals surface area (Å²) >= 11 is 5.25. The van der Waals surface area contributed by atoms with Crippen LogP contribution in [0.1, 0.15) is 38.2 Å². The van der Waals surface area contributed by atoms with E-state index in [9.17, 15) is 4.79 Å². The molecule has 1 aliphatic carbocycles. The van der Waals surface area contributed by atoms with Gasteiger partial charge in [0.2, 0.25) is 5.91 Å². The van der Waals surface area contributed by atoms with Crippen LogP contribution in [-0.2, 0) is 11.2 Å². The molecule has 0 saturated heterocycles. The first-order chi connectivity index (χ1) is 9.56. The number of carbonyl (C=O) groups excluding carboxylic acids is 1. The van der Waals surface area contributed by atoms with E-state index in [0.717, 1.165) is 37.8 Å². The van der Waals surface area contributed by atoms with Crippen molar-refractivity contribution in [2.24, 2.45) is 11.1 Å². The van der Waals surface area contributed by atoms with E-state index in [-0.39, 0.29) is 11.9 Å². The summed E-state index contributed by atoms with van der Waals surface area (Å²) in [6, 6.07) is 8.32. The number of amides is 1. The Morgan fingerprint density at radius 2 is 2.00 bits per heavy atom. The molecule has 3 nitrogen and oxygen atoms in total. The lowest BCUT2D eigenvalue weighted by atomic mass is 9.84. The number of hydrogen-bond acceptors (Lipinski definition) is 2. The summed E-state index contributed by atoms with van der Waals surface area (Å²) < 4.78 is 0. The van der Waals surface area contributed by atoms with Gasteiger partial charge in [0.05, 0.1) is 10.4 Å². The van der Waals surface area contributed by atoms with Crippen LogP contribution in [-0.4, -0.2) is 16.9 Å². The molecule has 1 amide bonds. The van der Waals surface area contributed by atoms with Gasteiger partial charge in [0.15, 0.2) is 0 Å². The Kier molecular flexibility index (Phi) is 3.28. The van der Waals surface area contributed by atoms with E-state index >= 15 is 0 Å². The van der Waals surface area contributed by atoms with Crippen molar-refractivity contribution in [1.82, 2.24) is 0 Å². The van der Waals surface area contributed by atoms with Gasteiger partial charge in [-0.05, 0) is 37.8 Å². The van der Waals surface area contributed by atoms with Crippen molar-refractivity contribution >= 4 is 28.8 Å². The molecule has 1 atom stereocenters. The molecule has 0 bridgehead atoms. The van der Waals surface area contributed by atoms with Crippen molar-refractivity contribution in [2.75, 3.05) is 4.90 Å². The molecule has 4 heteroatoms. The van der Waals surface area contributed by atoms with Crippen molar-refractivity contribution in [3.8, 4) is 0 Å². The molecule has 106 valence electrons. The Labute approximate surface area is 125 Å². The number of anilines is 1. The van der Waals surface area contributed by atoms with Gasteiger partial charge in [0.1, 0.15) is 0 Å². The number of thiocarbonyl (C=S) groups is 1. The fraction of sp³-hybridized carbons (Fsp3) is 0.500. The minimum absolute atomic E-state index is 0.111. The standard InChI is InChI=1S/C16H20N2OS/c1-11-10-12-6-2-3-7-13(12)18(11)15(19)16(14(17)20)8-4-5-9-16/h2-3,6-7,11H,4-5,8-10H2,1H3,(H2,17,20). The minimum atomic E-state index is -0.610. The normalized spacial score (nSPS) is 23.6. The van der Waals surface area contributed by atoms with Crippen LogP contribution >= 0.6 is 12.2 Å². The second-order valence-corrected chi connectivity index (χ2v) is 6.45. The van der Waals surface area contributed by atoms with Crippen LogP contribution in [0.25, 0.3) is 0 Å². The first-order valence-corrected chi connectivity index (χ1v) is 7.68. The monoisotopic (exact) mass is 288 g/mol. The summed E-state index contributed by atoms with van der Waals surface area (Å²) in [5.74, 6) is 0.111. The van der Waals surface area contributed by atoms with Gasteiger partial charge in [-0.15, -0.1) is 0 Å². The van der Waals surface area contributed by atoms with Crippen LogP contribution in [0, 0.1) is 5.41 Å². The third-order valence-corrected chi connectivity index (χ3v) is 5.15. The average Bonchev–Trinajstić information content (AvgIpc) is 3.02. The number of nitrogens with two attached hydrogens (primary N) is 1. The van der Waals surface area contributed by atoms with E-state index in [1.54, 1.807) is 0 Å². The largest absolute Gasteiger partial charge is 0.392 e. The van der Waals surface area contributed by atoms with Gasteiger partial charge in [0.25, 0.3) is 0 Å². The van der Waals surface area contributed by atoms with Gasteiger partial charge in [-0.2, -0.15) is 0 Å². The van der Waals surface area contributed by atoms with E-state index in [2.05, 4.69) is 13.0 Å². The van der Waals surface area contributed by atoms with E-state index in [4.69, 9.17) is 18.0 Å². The predicted molar refractivity (Wildman–Crippen MR) is 84.8 cm³/mol. The predicted octanol–water partition coefficient (Wildman–Crippen LogP) is 2.81. The van der Waals surface area contributed by atoms with Crippen LogP contribution in [0.2, 0.25) is 0 Å². The van der Waals surface area contributed by atoms with Crippen molar-refractivity contribution in [2.45, 2.75) is 45.1 Å². The van der Waals surface area contributed by atoms with Crippen molar-refractivity contribution in [3.05, 3.63) is 29.8 Å². The zero-order valence-electron chi connectivity index (χ0n) is 11.8. The molecule has 0 radical (unpaired) electrons. The summed E-state index contributed by atoms with van der Waals surface area (Å²) in [4.78, 5) is 15.4. The lowest BCUT2D eigenvalue weighted by molar-refractivity contribution is -0.124. The molecule has 1 fully saturated rings. The van der Waals surface area contributed by atoms with Crippen molar-refractivity contribution < 1.29 is 4.79 Å². The van der Waals surface area contributed by atoms with E-state index in [1.165, 1.54) is 5.56 Å². The third-order valence-electron chi connectivity index (χ3n) is 4.76. The Morgan fingerprint density at radius 1 is 1.35 bits per heavy atom. The smallest absolute Gasteiger partial charge is 0.240 e. The number of nitrogens with zero attached hydrogens (tertiary/aromatic N) is 1. The maximum Gasteiger partial charge on any atom is 0.240 e. The van der Waals surface area contributed by atoms with Crippen LogP contribution in [0.3, 0.4) is 0 Å². The molecule has 1 aliphatic heterocycles. The van der Waals surface area contributed by atoms with Crippen LogP contribution in [0.4, 0.5) is 5.69 Å². The number of rotatable bonds is 2. The molecular formula is C16H20N2OS. The van der Waals surface area contributed by atoms with E-state index in [1.807, 2.05) is 23.1 Å². The van der Waals surface area contributed by atoms with Gasteiger partial charge in [-0.1, -0.05) is 43.3 Å². The summed E-state index contributed by atoms with van der Waals surface area (Å²) in [7, 11) is 0. The molecule has 1 aromatic carbocycles. The first kappa shape index (κ1) is 13.6. The Hall–Kier alpha value is -1.42. The highest BCUT2D eigenvalue weighted by Crippen LogP contribution is 2.43. The topological polar surface area (TPSA) is 46.3 Å². The number of fused-ring (bicyclic) bond motifs is 1. The number of para-hydroxylation sites is 1. The molecule has 2 aliphatic rings. The number of benzene rings is 1. The molecule has 2 N–H and O–H groups in total. The van der Waals surface area contributed by atoms with Gasteiger partial charge < -0.3 is 10.6 Å². The summed E-state index contributed by atoms with van der Waals surface area (Å²) in [5.41, 5.74) is 7.62. The Balaban J connectivity index is 2.00. The third kappa shape index (κ3) is 1.85. The maximum absolute atomic E-state index is 13.1. The molecule has 0 aromatic heterocycles. The number of carbonyl (C=O) groups is 1. The minimum Gasteiger partial charge on any atom is -0.392 e. The zero-order chi connectivity index (χ0) is 14.3. The highest BCUT2D eigenvalue weighted by atomic mass is 32.1. The lowest BCUT2D eigenvalue weighted by Crippen LogP contribution is -2.51. The summed E-state index contributed by atoms with van der Waals surface area (Å²) in [6.07, 6.45) is 4.58. The van der Waals surface area contributed by atoms with Gasteiger partial charge >= 0.3 is 0 Å². The first-order valence-electron chi connectivity index (χ1n) is 7.28. The molecule has 0 spiro atoms. The average molecular weight is 288 g/mol. The molecule has 1 saturated carbocycles. The Morgan fingerprint density at radius 3 is 2.65 bits per heavy atom. The number of hydrogen-bond donors (Lipinski definition) is 1. The van der Waals surface area contributed by atoms with Crippen LogP contribution in [0.5, 0.6) is 0 Å². The van der Waals surface area contributed by atoms with Crippen LogP contribution < -0.4 is 10.6 Å². The second kappa shape index (κ2) is 4.85. The fourth-order valence-electron chi connectivity index (χ4n) is 3.65.